The lowest BCUT2D eigenvalue weighted by molar-refractivity contribution is -0.134. The van der Waals surface area contributed by atoms with E-state index in [9.17, 15) is 18.8 Å². The number of nitrogens with one attached hydrogen (secondary N) is 3. The Labute approximate surface area is 145 Å². The molecule has 1 aliphatic rings. The molecule has 0 bridgehead atoms. The second-order valence-electron chi connectivity index (χ2n) is 5.94. The third kappa shape index (κ3) is 6.15. The van der Waals surface area contributed by atoms with Crippen LogP contribution in [0.4, 0.5) is 4.39 Å². The molecule has 0 saturated carbocycles. The van der Waals surface area contributed by atoms with Crippen molar-refractivity contribution in [1.29, 1.82) is 0 Å². The predicted octanol–water partition coefficient (Wildman–Crippen LogP) is -0.231. The Morgan fingerprint density at radius 1 is 1.32 bits per heavy atom. The van der Waals surface area contributed by atoms with Gasteiger partial charge in [0.1, 0.15) is 5.82 Å². The highest BCUT2D eigenvalue weighted by atomic mass is 19.1. The molecule has 8 heteroatoms. The Morgan fingerprint density at radius 2 is 2.08 bits per heavy atom. The van der Waals surface area contributed by atoms with E-state index in [0.29, 0.717) is 32.7 Å². The molecule has 3 amide bonds. The van der Waals surface area contributed by atoms with E-state index < -0.39 is 6.04 Å². The molecular weight excluding hydrogens is 327 g/mol. The lowest BCUT2D eigenvalue weighted by Gasteiger charge is -2.34. The first kappa shape index (κ1) is 18.9. The quantitative estimate of drug-likeness (QED) is 0.593. The van der Waals surface area contributed by atoms with Gasteiger partial charge in [-0.3, -0.25) is 19.3 Å². The van der Waals surface area contributed by atoms with E-state index in [1.165, 1.54) is 19.1 Å². The predicted molar refractivity (Wildman–Crippen MR) is 89.9 cm³/mol. The Kier molecular flexibility index (Phi) is 6.88. The molecule has 0 aromatic heterocycles. The summed E-state index contributed by atoms with van der Waals surface area (Å²) in [5.74, 6) is -0.968. The van der Waals surface area contributed by atoms with Gasteiger partial charge < -0.3 is 16.0 Å². The highest BCUT2D eigenvalue weighted by Crippen LogP contribution is 2.14. The smallest absolute Gasteiger partial charge is 0.237 e. The standard InChI is InChI=1S/C17H23FN4O3/c1-12(23)19-5-6-20-16(24)10-15-17(25)21-7-8-22(15)11-13-3-2-4-14(18)9-13/h2-4,9,15H,5-8,10-11H2,1H3,(H,19,23)(H,20,24)(H,21,25). The largest absolute Gasteiger partial charge is 0.355 e. The van der Waals surface area contributed by atoms with Gasteiger partial charge in [-0.05, 0) is 17.7 Å². The lowest BCUT2D eigenvalue weighted by Crippen LogP contribution is -2.56. The van der Waals surface area contributed by atoms with E-state index in [-0.39, 0.29) is 30.0 Å². The maximum absolute atomic E-state index is 13.3. The number of hydrogen-bond donors (Lipinski definition) is 3. The van der Waals surface area contributed by atoms with Crippen molar-refractivity contribution in [3.63, 3.8) is 0 Å². The molecule has 1 heterocycles. The Bertz CT molecular complexity index is 638. The fraction of sp³-hybridized carbons (Fsp3) is 0.471. The fourth-order valence-corrected chi connectivity index (χ4v) is 2.73. The normalized spacial score (nSPS) is 17.7. The highest BCUT2D eigenvalue weighted by molar-refractivity contribution is 5.88. The van der Waals surface area contributed by atoms with Gasteiger partial charge in [-0.15, -0.1) is 0 Å². The van der Waals surface area contributed by atoms with Gasteiger partial charge in [-0.1, -0.05) is 12.1 Å². The third-order valence-electron chi connectivity index (χ3n) is 3.92. The molecule has 7 nitrogen and oxygen atoms in total. The Morgan fingerprint density at radius 3 is 2.80 bits per heavy atom. The van der Waals surface area contributed by atoms with Crippen LogP contribution < -0.4 is 16.0 Å². The zero-order chi connectivity index (χ0) is 18.2. The summed E-state index contributed by atoms with van der Waals surface area (Å²) < 4.78 is 13.3. The number of carbonyl (C=O) groups is 3. The van der Waals surface area contributed by atoms with Crippen LogP contribution in [0, 0.1) is 5.82 Å². The number of amides is 3. The third-order valence-corrected chi connectivity index (χ3v) is 3.92. The minimum absolute atomic E-state index is 0.0151. The van der Waals surface area contributed by atoms with Crippen molar-refractivity contribution >= 4 is 17.7 Å². The van der Waals surface area contributed by atoms with Gasteiger partial charge in [-0.2, -0.15) is 0 Å². The summed E-state index contributed by atoms with van der Waals surface area (Å²) in [5.41, 5.74) is 0.755. The van der Waals surface area contributed by atoms with Crippen LogP contribution >= 0.6 is 0 Å². The highest BCUT2D eigenvalue weighted by Gasteiger charge is 2.31. The van der Waals surface area contributed by atoms with Gasteiger partial charge in [0.05, 0.1) is 12.5 Å². The van der Waals surface area contributed by atoms with Crippen molar-refractivity contribution in [2.75, 3.05) is 26.2 Å². The van der Waals surface area contributed by atoms with Crippen LogP contribution in [0.25, 0.3) is 0 Å². The molecule has 1 atom stereocenters. The van der Waals surface area contributed by atoms with Gasteiger partial charge in [0, 0.05) is 39.6 Å². The monoisotopic (exact) mass is 350 g/mol. The van der Waals surface area contributed by atoms with Crippen LogP contribution in [0.2, 0.25) is 0 Å². The van der Waals surface area contributed by atoms with E-state index >= 15 is 0 Å². The minimum Gasteiger partial charge on any atom is -0.355 e. The molecule has 1 unspecified atom stereocenters. The molecule has 136 valence electrons. The summed E-state index contributed by atoms with van der Waals surface area (Å²) in [7, 11) is 0. The number of hydrogen-bond acceptors (Lipinski definition) is 4. The summed E-state index contributed by atoms with van der Waals surface area (Å²) >= 11 is 0. The number of piperazine rings is 1. The zero-order valence-corrected chi connectivity index (χ0v) is 14.2. The summed E-state index contributed by atoms with van der Waals surface area (Å²) in [5, 5.41) is 8.02. The van der Waals surface area contributed by atoms with Crippen molar-refractivity contribution in [2.45, 2.75) is 25.9 Å². The van der Waals surface area contributed by atoms with Crippen LogP contribution in [0.1, 0.15) is 18.9 Å². The minimum atomic E-state index is -0.599. The van der Waals surface area contributed by atoms with Crippen LogP contribution in [-0.4, -0.2) is 54.8 Å². The molecule has 1 fully saturated rings. The van der Waals surface area contributed by atoms with E-state index in [1.807, 2.05) is 4.90 Å². The van der Waals surface area contributed by atoms with E-state index in [0.717, 1.165) is 5.56 Å². The lowest BCUT2D eigenvalue weighted by atomic mass is 10.1. The fourth-order valence-electron chi connectivity index (χ4n) is 2.73. The van der Waals surface area contributed by atoms with E-state index in [1.54, 1.807) is 12.1 Å². The van der Waals surface area contributed by atoms with Crippen molar-refractivity contribution in [3.8, 4) is 0 Å². The second-order valence-corrected chi connectivity index (χ2v) is 5.94. The van der Waals surface area contributed by atoms with Gasteiger partial charge in [0.2, 0.25) is 17.7 Å². The maximum atomic E-state index is 13.3. The molecule has 1 aromatic carbocycles. The average molecular weight is 350 g/mol. The molecule has 0 spiro atoms. The second kappa shape index (κ2) is 9.12. The van der Waals surface area contributed by atoms with Crippen molar-refractivity contribution in [1.82, 2.24) is 20.9 Å². The molecule has 0 aliphatic carbocycles. The van der Waals surface area contributed by atoms with Crippen LogP contribution in [0.15, 0.2) is 24.3 Å². The Balaban J connectivity index is 1.91. The number of halogens is 1. The van der Waals surface area contributed by atoms with Crippen molar-refractivity contribution < 1.29 is 18.8 Å². The molecular formula is C17H23FN4O3. The van der Waals surface area contributed by atoms with Gasteiger partial charge in [0.25, 0.3) is 0 Å². The van der Waals surface area contributed by atoms with Crippen LogP contribution in [-0.2, 0) is 20.9 Å². The molecule has 0 radical (unpaired) electrons. The topological polar surface area (TPSA) is 90.5 Å². The molecule has 1 saturated heterocycles. The SMILES string of the molecule is CC(=O)NCCNC(=O)CC1C(=O)NCCN1Cc1cccc(F)c1. The van der Waals surface area contributed by atoms with Gasteiger partial charge >= 0.3 is 0 Å². The summed E-state index contributed by atoms with van der Waals surface area (Å²) in [6.45, 7) is 3.52. The zero-order valence-electron chi connectivity index (χ0n) is 14.2. The van der Waals surface area contributed by atoms with Crippen LogP contribution in [0.5, 0.6) is 0 Å². The number of benzene rings is 1. The molecule has 25 heavy (non-hydrogen) atoms. The summed E-state index contributed by atoms with van der Waals surface area (Å²) in [6, 6.07) is 5.61. The first-order valence-corrected chi connectivity index (χ1v) is 8.23. The van der Waals surface area contributed by atoms with E-state index in [4.69, 9.17) is 0 Å². The summed E-state index contributed by atoms with van der Waals surface area (Å²) in [4.78, 5) is 36.9. The van der Waals surface area contributed by atoms with Crippen LogP contribution in [0.3, 0.4) is 0 Å². The molecule has 1 aromatic rings. The van der Waals surface area contributed by atoms with Gasteiger partial charge in [0.15, 0.2) is 0 Å². The van der Waals surface area contributed by atoms with E-state index in [2.05, 4.69) is 16.0 Å². The number of rotatable bonds is 7. The first-order chi connectivity index (χ1) is 12.0. The maximum Gasteiger partial charge on any atom is 0.237 e. The number of carbonyl (C=O) groups excluding carboxylic acids is 3. The molecule has 1 aliphatic heterocycles. The first-order valence-electron chi connectivity index (χ1n) is 8.23. The van der Waals surface area contributed by atoms with Gasteiger partial charge in [-0.25, -0.2) is 4.39 Å². The van der Waals surface area contributed by atoms with Crippen molar-refractivity contribution in [2.24, 2.45) is 0 Å². The Hall–Kier alpha value is -2.48. The molecule has 3 N–H and O–H groups in total. The average Bonchev–Trinajstić information content (AvgIpc) is 2.55. The summed E-state index contributed by atoms with van der Waals surface area (Å²) in [6.07, 6.45) is 0.0151. The molecule has 2 rings (SSSR count). The number of nitrogens with zero attached hydrogens (tertiary/aromatic N) is 1. The van der Waals surface area contributed by atoms with Crippen molar-refractivity contribution in [3.05, 3.63) is 35.6 Å².